The van der Waals surface area contributed by atoms with E-state index in [-0.39, 0.29) is 18.3 Å². The van der Waals surface area contributed by atoms with E-state index in [2.05, 4.69) is 4.98 Å². The molecule has 5 N–H and O–H groups in total. The molecule has 1 heterocycles. The fourth-order valence-corrected chi connectivity index (χ4v) is 2.94. The minimum Gasteiger partial charge on any atom is -0.461 e. The van der Waals surface area contributed by atoms with Crippen molar-refractivity contribution in [2.24, 2.45) is 11.5 Å². The molecule has 0 aliphatic heterocycles. The number of rotatable bonds is 7. The smallest absolute Gasteiger partial charge is 0.355 e. The Morgan fingerprint density at radius 1 is 1.20 bits per heavy atom. The van der Waals surface area contributed by atoms with Crippen LogP contribution in [-0.2, 0) is 4.74 Å². The van der Waals surface area contributed by atoms with Gasteiger partial charge in [-0.25, -0.2) is 4.79 Å². The summed E-state index contributed by atoms with van der Waals surface area (Å²) >= 11 is 0. The van der Waals surface area contributed by atoms with Crippen molar-refractivity contribution in [3.05, 3.63) is 57.9 Å². The van der Waals surface area contributed by atoms with E-state index in [0.29, 0.717) is 41.2 Å². The number of hydrogen-bond donors (Lipinski definition) is 3. The van der Waals surface area contributed by atoms with E-state index in [1.54, 1.807) is 26.8 Å². The number of aromatic amines is 1. The van der Waals surface area contributed by atoms with Crippen molar-refractivity contribution in [3.63, 3.8) is 0 Å². The number of ketones is 1. The molecule has 1 aromatic carbocycles. The van der Waals surface area contributed by atoms with Gasteiger partial charge in [0.2, 0.25) is 0 Å². The van der Waals surface area contributed by atoms with Crippen LogP contribution < -0.4 is 11.5 Å². The van der Waals surface area contributed by atoms with Crippen molar-refractivity contribution in [2.45, 2.75) is 26.7 Å². The third kappa shape index (κ3) is 3.81. The number of carbonyl (C=O) groups is 2. The number of esters is 1. The fraction of sp³-hybridized carbons (Fsp3) is 0.368. The molecule has 25 heavy (non-hydrogen) atoms. The highest BCUT2D eigenvalue weighted by Crippen LogP contribution is 2.24. The Kier molecular flexibility index (Phi) is 6.12. The second kappa shape index (κ2) is 8.09. The van der Waals surface area contributed by atoms with Gasteiger partial charge < -0.3 is 21.2 Å². The van der Waals surface area contributed by atoms with Crippen LogP contribution in [0.5, 0.6) is 0 Å². The summed E-state index contributed by atoms with van der Waals surface area (Å²) in [6.07, 6.45) is 0. The molecule has 0 bridgehead atoms. The van der Waals surface area contributed by atoms with Gasteiger partial charge in [-0.2, -0.15) is 0 Å². The van der Waals surface area contributed by atoms with E-state index in [0.717, 1.165) is 5.56 Å². The van der Waals surface area contributed by atoms with Crippen molar-refractivity contribution < 1.29 is 14.3 Å². The molecule has 0 radical (unpaired) electrons. The van der Waals surface area contributed by atoms with Crippen molar-refractivity contribution in [2.75, 3.05) is 19.7 Å². The van der Waals surface area contributed by atoms with Crippen LogP contribution in [0.4, 0.5) is 0 Å². The first-order valence-corrected chi connectivity index (χ1v) is 8.35. The maximum Gasteiger partial charge on any atom is 0.355 e. The minimum absolute atomic E-state index is 0.0104. The molecule has 1 aromatic heterocycles. The first-order chi connectivity index (χ1) is 11.9. The van der Waals surface area contributed by atoms with Crippen molar-refractivity contribution in [1.82, 2.24) is 4.98 Å². The zero-order valence-electron chi connectivity index (χ0n) is 14.9. The Morgan fingerprint density at radius 3 is 2.48 bits per heavy atom. The fourth-order valence-electron chi connectivity index (χ4n) is 2.94. The zero-order valence-corrected chi connectivity index (χ0v) is 14.9. The summed E-state index contributed by atoms with van der Waals surface area (Å²) in [5.74, 6) is -0.588. The SMILES string of the molecule is CCOC(=O)c1[nH]c(C)c(C(=O)c2cccc(C(CN)CN)c2)c1C. The van der Waals surface area contributed by atoms with Gasteiger partial charge >= 0.3 is 5.97 Å². The summed E-state index contributed by atoms with van der Waals surface area (Å²) < 4.78 is 5.03. The molecule has 2 rings (SSSR count). The van der Waals surface area contributed by atoms with Crippen LogP contribution in [0.3, 0.4) is 0 Å². The summed E-state index contributed by atoms with van der Waals surface area (Å²) in [5.41, 5.74) is 15.0. The van der Waals surface area contributed by atoms with Gasteiger partial charge in [-0.3, -0.25) is 4.79 Å². The first kappa shape index (κ1) is 18.9. The third-order valence-electron chi connectivity index (χ3n) is 4.33. The van der Waals surface area contributed by atoms with Gasteiger partial charge in [0.25, 0.3) is 0 Å². The van der Waals surface area contributed by atoms with Crippen LogP contribution in [0.25, 0.3) is 0 Å². The number of ether oxygens (including phenoxy) is 1. The Labute approximate surface area is 147 Å². The predicted molar refractivity (Wildman–Crippen MR) is 96.9 cm³/mol. The number of carbonyl (C=O) groups excluding carboxylic acids is 2. The van der Waals surface area contributed by atoms with Crippen molar-refractivity contribution in [1.29, 1.82) is 0 Å². The highest BCUT2D eigenvalue weighted by Gasteiger charge is 2.24. The first-order valence-electron chi connectivity index (χ1n) is 8.35. The number of benzene rings is 1. The number of aromatic nitrogens is 1. The van der Waals surface area contributed by atoms with Crippen LogP contribution >= 0.6 is 0 Å². The number of nitrogens with one attached hydrogen (secondary N) is 1. The molecular weight excluding hydrogens is 318 g/mol. The minimum atomic E-state index is -0.456. The average molecular weight is 343 g/mol. The second-order valence-electron chi connectivity index (χ2n) is 5.97. The number of aryl methyl sites for hydroxylation is 1. The molecule has 6 heteroatoms. The maximum atomic E-state index is 13.0. The lowest BCUT2D eigenvalue weighted by Crippen LogP contribution is -2.21. The highest BCUT2D eigenvalue weighted by molar-refractivity contribution is 6.12. The van der Waals surface area contributed by atoms with Gasteiger partial charge in [0.15, 0.2) is 5.78 Å². The molecule has 6 nitrogen and oxygen atoms in total. The molecule has 0 saturated carbocycles. The van der Waals surface area contributed by atoms with Crippen LogP contribution in [0.1, 0.15) is 56.1 Å². The molecule has 0 atom stereocenters. The Balaban J connectivity index is 2.42. The van der Waals surface area contributed by atoms with Crippen LogP contribution in [0, 0.1) is 13.8 Å². The summed E-state index contributed by atoms with van der Waals surface area (Å²) in [5, 5.41) is 0. The van der Waals surface area contributed by atoms with E-state index in [1.807, 2.05) is 18.2 Å². The normalized spacial score (nSPS) is 11.0. The molecule has 0 aliphatic rings. The Hall–Kier alpha value is -2.44. The number of nitrogens with two attached hydrogens (primary N) is 2. The lowest BCUT2D eigenvalue weighted by Gasteiger charge is -2.13. The molecule has 0 aliphatic carbocycles. The molecule has 0 fully saturated rings. The van der Waals surface area contributed by atoms with E-state index < -0.39 is 5.97 Å². The average Bonchev–Trinajstić information content (AvgIpc) is 2.90. The molecule has 0 amide bonds. The zero-order chi connectivity index (χ0) is 18.6. The van der Waals surface area contributed by atoms with Crippen molar-refractivity contribution >= 4 is 11.8 Å². The molecule has 0 saturated heterocycles. The summed E-state index contributed by atoms with van der Waals surface area (Å²) in [7, 11) is 0. The second-order valence-corrected chi connectivity index (χ2v) is 5.97. The summed E-state index contributed by atoms with van der Waals surface area (Å²) in [4.78, 5) is 28.0. The van der Waals surface area contributed by atoms with Gasteiger partial charge in [0.05, 0.1) is 6.61 Å². The highest BCUT2D eigenvalue weighted by atomic mass is 16.5. The molecule has 0 spiro atoms. The van der Waals surface area contributed by atoms with Gasteiger partial charge in [-0.05, 0) is 38.0 Å². The van der Waals surface area contributed by atoms with Crippen LogP contribution in [0.2, 0.25) is 0 Å². The Bertz CT molecular complexity index is 776. The van der Waals surface area contributed by atoms with E-state index in [9.17, 15) is 9.59 Å². The van der Waals surface area contributed by atoms with Gasteiger partial charge in [-0.15, -0.1) is 0 Å². The molecule has 2 aromatic rings. The topological polar surface area (TPSA) is 111 Å². The van der Waals surface area contributed by atoms with Crippen LogP contribution in [-0.4, -0.2) is 36.4 Å². The molecular formula is C19H25N3O3. The number of H-pyrrole nitrogens is 1. The van der Waals surface area contributed by atoms with Crippen LogP contribution in [0.15, 0.2) is 24.3 Å². The van der Waals surface area contributed by atoms with E-state index in [4.69, 9.17) is 16.2 Å². The van der Waals surface area contributed by atoms with Gasteiger partial charge in [0, 0.05) is 35.8 Å². The molecule has 0 unspecified atom stereocenters. The van der Waals surface area contributed by atoms with Crippen molar-refractivity contribution in [3.8, 4) is 0 Å². The number of hydrogen-bond acceptors (Lipinski definition) is 5. The van der Waals surface area contributed by atoms with Gasteiger partial charge in [-0.1, -0.05) is 18.2 Å². The van der Waals surface area contributed by atoms with Gasteiger partial charge in [0.1, 0.15) is 5.69 Å². The quantitative estimate of drug-likeness (QED) is 0.526. The largest absolute Gasteiger partial charge is 0.461 e. The van der Waals surface area contributed by atoms with E-state index in [1.165, 1.54) is 0 Å². The summed E-state index contributed by atoms with van der Waals surface area (Å²) in [6.45, 7) is 6.38. The Morgan fingerprint density at radius 2 is 1.88 bits per heavy atom. The third-order valence-corrected chi connectivity index (χ3v) is 4.33. The van der Waals surface area contributed by atoms with E-state index >= 15 is 0 Å². The lowest BCUT2D eigenvalue weighted by atomic mass is 9.93. The monoisotopic (exact) mass is 343 g/mol. The standard InChI is InChI=1S/C19H25N3O3/c1-4-25-19(24)17-11(2)16(12(3)22-17)18(23)14-7-5-6-13(8-14)15(9-20)10-21/h5-8,15,22H,4,9-10,20-21H2,1-3H3. The predicted octanol–water partition coefficient (Wildman–Crippen LogP) is 2.04. The lowest BCUT2D eigenvalue weighted by molar-refractivity contribution is 0.0519. The molecule has 134 valence electrons. The summed E-state index contributed by atoms with van der Waals surface area (Å²) in [6, 6.07) is 7.32. The maximum absolute atomic E-state index is 13.0.